The first kappa shape index (κ1) is 22.9. The number of fused-ring (bicyclic) bond motifs is 2. The van der Waals surface area contributed by atoms with E-state index in [0.717, 1.165) is 62.8 Å². The molecule has 2 bridgehead atoms. The molecule has 2 aliphatic carbocycles. The number of guanidine groups is 1. The molecule has 1 aliphatic heterocycles. The fourth-order valence-corrected chi connectivity index (χ4v) is 5.18. The minimum absolute atomic E-state index is 0. The summed E-state index contributed by atoms with van der Waals surface area (Å²) in [4.78, 5) is 7.41. The van der Waals surface area contributed by atoms with E-state index in [1.54, 1.807) is 13.4 Å². The quantitative estimate of drug-likeness (QED) is 0.316. The SMILES string of the molecule is COCCN1CCC(NC(=NCCc2ccco2)NC2CC3CCC2C3)CC1.I. The van der Waals surface area contributed by atoms with Crippen LogP contribution in [0.5, 0.6) is 0 Å². The number of methoxy groups -OCH3 is 1. The molecule has 2 saturated carbocycles. The summed E-state index contributed by atoms with van der Waals surface area (Å²) in [6.07, 6.45) is 10.5. The number of hydrogen-bond acceptors (Lipinski definition) is 4. The van der Waals surface area contributed by atoms with E-state index >= 15 is 0 Å². The lowest BCUT2D eigenvalue weighted by Gasteiger charge is -2.34. The summed E-state index contributed by atoms with van der Waals surface area (Å²) in [5.41, 5.74) is 0. The van der Waals surface area contributed by atoms with E-state index in [9.17, 15) is 0 Å². The van der Waals surface area contributed by atoms with Gasteiger partial charge in [-0.2, -0.15) is 0 Å². The van der Waals surface area contributed by atoms with Crippen molar-refractivity contribution in [3.63, 3.8) is 0 Å². The largest absolute Gasteiger partial charge is 0.469 e. The molecule has 0 aromatic carbocycles. The monoisotopic (exact) mass is 516 g/mol. The van der Waals surface area contributed by atoms with Crippen LogP contribution in [0.3, 0.4) is 0 Å². The third-order valence-corrected chi connectivity index (χ3v) is 6.81. The summed E-state index contributed by atoms with van der Waals surface area (Å²) in [7, 11) is 1.78. The van der Waals surface area contributed by atoms with Gasteiger partial charge >= 0.3 is 0 Å². The van der Waals surface area contributed by atoms with Crippen molar-refractivity contribution < 1.29 is 9.15 Å². The molecule has 7 heteroatoms. The van der Waals surface area contributed by atoms with Gasteiger partial charge in [0.1, 0.15) is 5.76 Å². The molecular formula is C22H37IN4O2. The zero-order chi connectivity index (χ0) is 19.2. The number of rotatable bonds is 8. The maximum Gasteiger partial charge on any atom is 0.191 e. The Bertz CT molecular complexity index is 616. The predicted octanol–water partition coefficient (Wildman–Crippen LogP) is 3.27. The summed E-state index contributed by atoms with van der Waals surface area (Å²) < 4.78 is 10.7. The summed E-state index contributed by atoms with van der Waals surface area (Å²) in [5, 5.41) is 7.54. The van der Waals surface area contributed by atoms with Crippen LogP contribution in [-0.4, -0.2) is 62.8 Å². The summed E-state index contributed by atoms with van der Waals surface area (Å²) in [5.74, 6) is 3.81. The number of aliphatic imine (C=N–C) groups is 1. The molecule has 29 heavy (non-hydrogen) atoms. The molecule has 3 aliphatic rings. The van der Waals surface area contributed by atoms with Crippen LogP contribution in [0.1, 0.15) is 44.3 Å². The Labute approximate surface area is 192 Å². The molecule has 164 valence electrons. The van der Waals surface area contributed by atoms with Gasteiger partial charge < -0.3 is 24.7 Å². The maximum absolute atomic E-state index is 5.46. The Morgan fingerprint density at radius 3 is 2.72 bits per heavy atom. The fourth-order valence-electron chi connectivity index (χ4n) is 5.18. The van der Waals surface area contributed by atoms with Gasteiger partial charge in [0, 0.05) is 51.8 Å². The molecule has 3 fully saturated rings. The fraction of sp³-hybridized carbons (Fsp3) is 0.773. The van der Waals surface area contributed by atoms with E-state index in [-0.39, 0.29) is 24.0 Å². The first-order chi connectivity index (χ1) is 13.8. The highest BCUT2D eigenvalue weighted by Crippen LogP contribution is 2.44. The van der Waals surface area contributed by atoms with Crippen molar-refractivity contribution in [3.8, 4) is 0 Å². The second-order valence-electron chi connectivity index (χ2n) is 8.74. The lowest BCUT2D eigenvalue weighted by molar-refractivity contribution is 0.128. The normalized spacial score (nSPS) is 27.8. The molecule has 3 atom stereocenters. The minimum atomic E-state index is 0. The van der Waals surface area contributed by atoms with Crippen molar-refractivity contribution in [2.75, 3.05) is 39.9 Å². The van der Waals surface area contributed by atoms with E-state index in [1.165, 1.54) is 38.5 Å². The zero-order valence-electron chi connectivity index (χ0n) is 17.6. The van der Waals surface area contributed by atoms with Crippen LogP contribution in [0.15, 0.2) is 27.8 Å². The van der Waals surface area contributed by atoms with Crippen LogP contribution in [0, 0.1) is 11.8 Å². The average molecular weight is 516 g/mol. The van der Waals surface area contributed by atoms with Gasteiger partial charge in [-0.1, -0.05) is 6.42 Å². The molecule has 4 rings (SSSR count). The van der Waals surface area contributed by atoms with E-state index in [1.807, 2.05) is 12.1 Å². The summed E-state index contributed by atoms with van der Waals surface area (Å²) in [6, 6.07) is 5.09. The first-order valence-corrected chi connectivity index (χ1v) is 11.1. The molecule has 0 amide bonds. The van der Waals surface area contributed by atoms with Gasteiger partial charge in [0.15, 0.2) is 5.96 Å². The number of piperidine rings is 1. The highest BCUT2D eigenvalue weighted by atomic mass is 127. The van der Waals surface area contributed by atoms with E-state index in [2.05, 4.69) is 15.5 Å². The van der Waals surface area contributed by atoms with Crippen LogP contribution in [0.25, 0.3) is 0 Å². The Morgan fingerprint density at radius 2 is 2.07 bits per heavy atom. The second-order valence-corrected chi connectivity index (χ2v) is 8.74. The third-order valence-electron chi connectivity index (χ3n) is 6.81. The van der Waals surface area contributed by atoms with Crippen LogP contribution in [-0.2, 0) is 11.2 Å². The minimum Gasteiger partial charge on any atom is -0.469 e. The van der Waals surface area contributed by atoms with Crippen molar-refractivity contribution in [3.05, 3.63) is 24.2 Å². The maximum atomic E-state index is 5.46. The highest BCUT2D eigenvalue weighted by Gasteiger charge is 2.40. The highest BCUT2D eigenvalue weighted by molar-refractivity contribution is 14.0. The van der Waals surface area contributed by atoms with Gasteiger partial charge in [-0.15, -0.1) is 24.0 Å². The molecule has 1 aromatic rings. The van der Waals surface area contributed by atoms with Crippen molar-refractivity contribution in [2.24, 2.45) is 16.8 Å². The van der Waals surface area contributed by atoms with E-state index in [0.29, 0.717) is 12.1 Å². The Hall–Kier alpha value is -0.800. The van der Waals surface area contributed by atoms with Crippen LogP contribution < -0.4 is 10.6 Å². The van der Waals surface area contributed by atoms with Gasteiger partial charge in [0.2, 0.25) is 0 Å². The molecule has 6 nitrogen and oxygen atoms in total. The van der Waals surface area contributed by atoms with Crippen molar-refractivity contribution in [2.45, 2.75) is 57.0 Å². The Morgan fingerprint density at radius 1 is 1.21 bits per heavy atom. The zero-order valence-corrected chi connectivity index (χ0v) is 20.0. The van der Waals surface area contributed by atoms with Crippen LogP contribution in [0.2, 0.25) is 0 Å². The molecular weight excluding hydrogens is 479 g/mol. The summed E-state index contributed by atoms with van der Waals surface area (Å²) in [6.45, 7) is 4.89. The van der Waals surface area contributed by atoms with Gasteiger partial charge in [-0.3, -0.25) is 4.99 Å². The number of nitrogens with one attached hydrogen (secondary N) is 2. The number of likely N-dealkylation sites (tertiary alicyclic amines) is 1. The van der Waals surface area contributed by atoms with Crippen molar-refractivity contribution in [1.29, 1.82) is 0 Å². The summed E-state index contributed by atoms with van der Waals surface area (Å²) >= 11 is 0. The smallest absolute Gasteiger partial charge is 0.191 e. The molecule has 2 N–H and O–H groups in total. The Balaban J connectivity index is 0.00000240. The predicted molar refractivity (Wildman–Crippen MR) is 127 cm³/mol. The third kappa shape index (κ3) is 6.59. The van der Waals surface area contributed by atoms with Crippen LogP contribution in [0.4, 0.5) is 0 Å². The topological polar surface area (TPSA) is 62.0 Å². The van der Waals surface area contributed by atoms with Crippen molar-refractivity contribution in [1.82, 2.24) is 15.5 Å². The van der Waals surface area contributed by atoms with Gasteiger partial charge in [-0.25, -0.2) is 0 Å². The number of nitrogens with zero attached hydrogens (tertiary/aromatic N) is 2. The van der Waals surface area contributed by atoms with Gasteiger partial charge in [0.25, 0.3) is 0 Å². The lowest BCUT2D eigenvalue weighted by atomic mass is 9.95. The standard InChI is InChI=1S/C22H36N4O2.HI/c1-27-14-12-26-10-7-19(8-11-26)24-22(23-9-6-20-3-2-13-28-20)25-21-16-17-4-5-18(21)15-17;/h2-3,13,17-19,21H,4-12,14-16H2,1H3,(H2,23,24,25);1H. The lowest BCUT2D eigenvalue weighted by Crippen LogP contribution is -2.52. The van der Waals surface area contributed by atoms with Crippen LogP contribution >= 0.6 is 24.0 Å². The van der Waals surface area contributed by atoms with E-state index < -0.39 is 0 Å². The van der Waals surface area contributed by atoms with Gasteiger partial charge in [-0.05, 0) is 56.1 Å². The number of ether oxygens (including phenoxy) is 1. The molecule has 1 aromatic heterocycles. The van der Waals surface area contributed by atoms with Gasteiger partial charge in [0.05, 0.1) is 12.9 Å². The number of hydrogen-bond donors (Lipinski definition) is 2. The average Bonchev–Trinajstić information content (AvgIpc) is 3.46. The first-order valence-electron chi connectivity index (χ1n) is 11.1. The molecule has 3 unspecified atom stereocenters. The van der Waals surface area contributed by atoms with Crippen molar-refractivity contribution >= 4 is 29.9 Å². The molecule has 2 heterocycles. The number of halogens is 1. The number of furan rings is 1. The molecule has 0 radical (unpaired) electrons. The Kier molecular flexibility index (Phi) is 9.11. The molecule has 1 saturated heterocycles. The second kappa shape index (κ2) is 11.6. The molecule has 0 spiro atoms. The van der Waals surface area contributed by atoms with E-state index in [4.69, 9.17) is 14.1 Å².